The number of methoxy groups -OCH3 is 2. The van der Waals surface area contributed by atoms with Crippen LogP contribution in [0.4, 0.5) is 4.79 Å². The molecule has 0 aliphatic carbocycles. The quantitative estimate of drug-likeness (QED) is 0.762. The Hall–Kier alpha value is -2.70. The van der Waals surface area contributed by atoms with Gasteiger partial charge in [0, 0.05) is 6.20 Å². The summed E-state index contributed by atoms with van der Waals surface area (Å²) in [6.45, 7) is 4.28. The van der Waals surface area contributed by atoms with Crippen LogP contribution in [0.5, 0.6) is 11.5 Å². The van der Waals surface area contributed by atoms with Crippen LogP contribution in [0.3, 0.4) is 0 Å². The molecule has 0 aliphatic heterocycles. The van der Waals surface area contributed by atoms with Gasteiger partial charge in [0.05, 0.1) is 32.5 Å². The first-order chi connectivity index (χ1) is 11.0. The van der Waals surface area contributed by atoms with Crippen LogP contribution in [0.2, 0.25) is 0 Å². The molecule has 0 unspecified atom stereocenters. The molecule has 0 saturated heterocycles. The molecule has 2 aromatic rings. The highest BCUT2D eigenvalue weighted by Gasteiger charge is 2.15. The third-order valence-corrected chi connectivity index (χ3v) is 3.58. The molecule has 7 nitrogen and oxygen atoms in total. The number of hydrogen-bond donors (Lipinski definition) is 3. The maximum atomic E-state index is 12.0. The summed E-state index contributed by atoms with van der Waals surface area (Å²) < 4.78 is 10.6. The molecule has 7 heteroatoms. The Morgan fingerprint density at radius 1 is 1.30 bits per heavy atom. The number of ether oxygens (including phenoxy) is 2. The Balaban J connectivity index is 2.02. The molecule has 1 aromatic carbocycles. The SMILES string of the molecule is COc1cc(C)c([C@H](C)NC(=O)NCc2ccn[nH]2)cc1OC. The molecule has 0 fully saturated rings. The number of urea groups is 1. The van der Waals surface area contributed by atoms with Crippen molar-refractivity contribution in [2.24, 2.45) is 0 Å². The van der Waals surface area contributed by atoms with Crippen LogP contribution in [-0.2, 0) is 6.54 Å². The van der Waals surface area contributed by atoms with Crippen molar-refractivity contribution in [3.63, 3.8) is 0 Å². The van der Waals surface area contributed by atoms with Crippen molar-refractivity contribution in [2.75, 3.05) is 14.2 Å². The number of nitrogens with zero attached hydrogens (tertiary/aromatic N) is 1. The monoisotopic (exact) mass is 318 g/mol. The van der Waals surface area contributed by atoms with Gasteiger partial charge in [-0.05, 0) is 43.2 Å². The molecule has 1 aromatic heterocycles. The van der Waals surface area contributed by atoms with Crippen LogP contribution in [0.25, 0.3) is 0 Å². The zero-order valence-corrected chi connectivity index (χ0v) is 13.8. The highest BCUT2D eigenvalue weighted by Crippen LogP contribution is 2.32. The molecule has 23 heavy (non-hydrogen) atoms. The van der Waals surface area contributed by atoms with Crippen LogP contribution < -0.4 is 20.1 Å². The Labute approximate surface area is 135 Å². The lowest BCUT2D eigenvalue weighted by Crippen LogP contribution is -2.36. The lowest BCUT2D eigenvalue weighted by atomic mass is 10.0. The number of nitrogens with one attached hydrogen (secondary N) is 3. The zero-order chi connectivity index (χ0) is 16.8. The highest BCUT2D eigenvalue weighted by atomic mass is 16.5. The van der Waals surface area contributed by atoms with Crippen molar-refractivity contribution < 1.29 is 14.3 Å². The molecule has 2 amide bonds. The summed E-state index contributed by atoms with van der Waals surface area (Å²) in [4.78, 5) is 12.0. The smallest absolute Gasteiger partial charge is 0.315 e. The second-order valence-electron chi connectivity index (χ2n) is 5.19. The number of aromatic amines is 1. The lowest BCUT2D eigenvalue weighted by molar-refractivity contribution is 0.237. The fourth-order valence-corrected chi connectivity index (χ4v) is 2.35. The summed E-state index contributed by atoms with van der Waals surface area (Å²) in [6.07, 6.45) is 1.64. The van der Waals surface area contributed by atoms with Gasteiger partial charge < -0.3 is 20.1 Å². The molecule has 2 rings (SSSR count). The summed E-state index contributed by atoms with van der Waals surface area (Å²) >= 11 is 0. The third-order valence-electron chi connectivity index (χ3n) is 3.58. The second-order valence-corrected chi connectivity index (χ2v) is 5.19. The van der Waals surface area contributed by atoms with Gasteiger partial charge in [0.2, 0.25) is 0 Å². The van der Waals surface area contributed by atoms with Gasteiger partial charge in [-0.15, -0.1) is 0 Å². The summed E-state index contributed by atoms with van der Waals surface area (Å²) in [5, 5.41) is 12.3. The highest BCUT2D eigenvalue weighted by molar-refractivity contribution is 5.74. The fourth-order valence-electron chi connectivity index (χ4n) is 2.35. The van der Waals surface area contributed by atoms with Gasteiger partial charge in [-0.1, -0.05) is 0 Å². The number of aromatic nitrogens is 2. The molecule has 1 atom stereocenters. The summed E-state index contributed by atoms with van der Waals surface area (Å²) in [5.74, 6) is 1.31. The average Bonchev–Trinajstić information content (AvgIpc) is 3.05. The van der Waals surface area contributed by atoms with E-state index in [1.54, 1.807) is 20.4 Å². The number of benzene rings is 1. The van der Waals surface area contributed by atoms with Gasteiger partial charge in [-0.25, -0.2) is 4.79 Å². The number of carbonyl (C=O) groups excluding carboxylic acids is 1. The van der Waals surface area contributed by atoms with Crippen molar-refractivity contribution in [3.8, 4) is 11.5 Å². The van der Waals surface area contributed by atoms with Crippen molar-refractivity contribution in [2.45, 2.75) is 26.4 Å². The second kappa shape index (κ2) is 7.53. The van der Waals surface area contributed by atoms with Gasteiger partial charge in [0.25, 0.3) is 0 Å². The first kappa shape index (κ1) is 16.7. The summed E-state index contributed by atoms with van der Waals surface area (Å²) in [7, 11) is 3.19. The van der Waals surface area contributed by atoms with Gasteiger partial charge in [0.1, 0.15) is 0 Å². The average molecular weight is 318 g/mol. The van der Waals surface area contributed by atoms with Gasteiger partial charge in [-0.2, -0.15) is 5.10 Å². The molecule has 0 radical (unpaired) electrons. The van der Waals surface area contributed by atoms with Crippen molar-refractivity contribution in [1.82, 2.24) is 20.8 Å². The largest absolute Gasteiger partial charge is 0.493 e. The first-order valence-electron chi connectivity index (χ1n) is 7.30. The minimum Gasteiger partial charge on any atom is -0.493 e. The first-order valence-corrected chi connectivity index (χ1v) is 7.30. The molecular formula is C16H22N4O3. The number of hydrogen-bond acceptors (Lipinski definition) is 4. The van der Waals surface area contributed by atoms with Crippen LogP contribution >= 0.6 is 0 Å². The lowest BCUT2D eigenvalue weighted by Gasteiger charge is -2.19. The van der Waals surface area contributed by atoms with Crippen molar-refractivity contribution in [3.05, 3.63) is 41.2 Å². The van der Waals surface area contributed by atoms with E-state index in [0.29, 0.717) is 18.0 Å². The van der Waals surface area contributed by atoms with Crippen LogP contribution in [0, 0.1) is 6.92 Å². The van der Waals surface area contributed by atoms with E-state index in [-0.39, 0.29) is 12.1 Å². The fraction of sp³-hybridized carbons (Fsp3) is 0.375. The van der Waals surface area contributed by atoms with Gasteiger partial charge in [0.15, 0.2) is 11.5 Å². The molecule has 0 saturated carbocycles. The molecule has 1 heterocycles. The van der Waals surface area contributed by atoms with E-state index in [1.807, 2.05) is 32.0 Å². The minimum atomic E-state index is -0.249. The normalized spacial score (nSPS) is 11.7. The number of H-pyrrole nitrogens is 1. The maximum Gasteiger partial charge on any atom is 0.315 e. The topological polar surface area (TPSA) is 88.3 Å². The van der Waals surface area contributed by atoms with E-state index in [0.717, 1.165) is 16.8 Å². The van der Waals surface area contributed by atoms with Crippen molar-refractivity contribution in [1.29, 1.82) is 0 Å². The maximum absolute atomic E-state index is 12.0. The number of aryl methyl sites for hydroxylation is 1. The number of amides is 2. The molecular weight excluding hydrogens is 296 g/mol. The van der Waals surface area contributed by atoms with Gasteiger partial charge >= 0.3 is 6.03 Å². The predicted octanol–water partition coefficient (Wildman–Crippen LogP) is 2.30. The van der Waals surface area contributed by atoms with Crippen LogP contribution in [-0.4, -0.2) is 30.4 Å². The summed E-state index contributed by atoms with van der Waals surface area (Å²) in [5.41, 5.74) is 2.83. The molecule has 124 valence electrons. The Bertz CT molecular complexity index is 656. The minimum absolute atomic E-state index is 0.170. The molecule has 3 N–H and O–H groups in total. The molecule has 0 spiro atoms. The van der Waals surface area contributed by atoms with E-state index in [4.69, 9.17) is 9.47 Å². The molecule has 0 bridgehead atoms. The molecule has 0 aliphatic rings. The third kappa shape index (κ3) is 4.15. The standard InChI is InChI=1S/C16H22N4O3/c1-10-7-14(22-3)15(23-4)8-13(10)11(2)19-16(21)17-9-12-5-6-18-20-12/h5-8,11H,9H2,1-4H3,(H,18,20)(H2,17,19,21)/t11-/m0/s1. The van der Waals surface area contributed by atoms with E-state index >= 15 is 0 Å². The Morgan fingerprint density at radius 2 is 2.00 bits per heavy atom. The Kier molecular flexibility index (Phi) is 5.46. The summed E-state index contributed by atoms with van der Waals surface area (Å²) in [6, 6.07) is 5.17. The van der Waals surface area contributed by atoms with E-state index < -0.39 is 0 Å². The van der Waals surface area contributed by atoms with E-state index in [1.165, 1.54) is 0 Å². The number of rotatable bonds is 6. The van der Waals surface area contributed by atoms with Crippen LogP contribution in [0.1, 0.15) is 29.8 Å². The van der Waals surface area contributed by atoms with E-state index in [2.05, 4.69) is 20.8 Å². The number of carbonyl (C=O) groups is 1. The van der Waals surface area contributed by atoms with E-state index in [9.17, 15) is 4.79 Å². The Morgan fingerprint density at radius 3 is 2.61 bits per heavy atom. The predicted molar refractivity (Wildman–Crippen MR) is 86.7 cm³/mol. The van der Waals surface area contributed by atoms with Gasteiger partial charge in [-0.3, -0.25) is 5.10 Å². The zero-order valence-electron chi connectivity index (χ0n) is 13.8. The van der Waals surface area contributed by atoms with Crippen molar-refractivity contribution >= 4 is 6.03 Å². The van der Waals surface area contributed by atoms with Crippen LogP contribution in [0.15, 0.2) is 24.4 Å².